The first-order chi connectivity index (χ1) is 14.0. The molecule has 2 atom stereocenters. The van der Waals surface area contributed by atoms with Crippen molar-refractivity contribution in [3.05, 3.63) is 24.6 Å². The second kappa shape index (κ2) is 15.4. The van der Waals surface area contributed by atoms with E-state index in [0.717, 1.165) is 18.7 Å². The number of carboxylic acid groups (broad SMARTS) is 1. The Morgan fingerprint density at radius 2 is 1.59 bits per heavy atom. The van der Waals surface area contributed by atoms with E-state index in [1.54, 1.807) is 6.20 Å². The highest BCUT2D eigenvalue weighted by atomic mass is 16.4. The molecule has 5 nitrogen and oxygen atoms in total. The van der Waals surface area contributed by atoms with E-state index >= 15 is 0 Å². The fraction of sp³-hybridized carbons (Fsp3) is 0.750. The summed E-state index contributed by atoms with van der Waals surface area (Å²) in [5.74, 6) is 0.0557. The molecule has 0 bridgehead atoms. The van der Waals surface area contributed by atoms with Crippen molar-refractivity contribution >= 4 is 11.8 Å². The Hall–Kier alpha value is -1.46. The van der Waals surface area contributed by atoms with Crippen molar-refractivity contribution in [2.24, 2.45) is 10.7 Å². The van der Waals surface area contributed by atoms with Gasteiger partial charge >= 0.3 is 5.97 Å². The number of hydrogen-bond donors (Lipinski definition) is 2. The highest BCUT2D eigenvalue weighted by Gasteiger charge is 2.40. The predicted molar refractivity (Wildman–Crippen MR) is 122 cm³/mol. The van der Waals surface area contributed by atoms with E-state index in [1.165, 1.54) is 77.0 Å². The first-order valence-electron chi connectivity index (χ1n) is 11.8. The number of aliphatic imine (C=N–C) groups is 1. The number of carbonyl (C=O) groups is 1. The molecule has 1 aliphatic rings. The van der Waals surface area contributed by atoms with E-state index in [4.69, 9.17) is 5.73 Å². The summed E-state index contributed by atoms with van der Waals surface area (Å²) >= 11 is 0. The lowest BCUT2D eigenvalue weighted by atomic mass is 10.0. The molecule has 0 aliphatic carbocycles. The molecule has 1 rings (SSSR count). The minimum absolute atomic E-state index is 0.0263. The topological polar surface area (TPSA) is 75.7 Å². The van der Waals surface area contributed by atoms with Crippen molar-refractivity contribution < 1.29 is 14.4 Å². The summed E-state index contributed by atoms with van der Waals surface area (Å²) in [4.78, 5) is 15.7. The third-order valence-electron chi connectivity index (χ3n) is 5.82. The molecule has 166 valence electrons. The zero-order chi connectivity index (χ0) is 21.4. The average Bonchev–Trinajstić information content (AvgIpc) is 3.08. The van der Waals surface area contributed by atoms with Gasteiger partial charge in [-0.15, -0.1) is 0 Å². The molecule has 0 saturated heterocycles. The second-order valence-corrected chi connectivity index (χ2v) is 8.40. The van der Waals surface area contributed by atoms with Crippen LogP contribution in [0, 0.1) is 0 Å². The molecule has 0 radical (unpaired) electrons. The van der Waals surface area contributed by atoms with Gasteiger partial charge in [-0.25, -0.2) is 14.3 Å². The van der Waals surface area contributed by atoms with E-state index in [2.05, 4.69) is 24.1 Å². The molecule has 5 heteroatoms. The Balaban J connectivity index is 2.03. The largest absolute Gasteiger partial charge is 0.477 e. The Morgan fingerprint density at radius 1 is 1.03 bits per heavy atom. The van der Waals surface area contributed by atoms with Crippen LogP contribution in [0.25, 0.3) is 0 Å². The van der Waals surface area contributed by atoms with Crippen molar-refractivity contribution in [1.82, 2.24) is 0 Å². The molecule has 0 aromatic heterocycles. The molecular weight excluding hydrogens is 362 g/mol. The fourth-order valence-electron chi connectivity index (χ4n) is 3.93. The number of rotatable bonds is 18. The standard InChI is InChI=1S/C24H43N3O2/c1-3-4-5-6-7-8-9-10-11-12-13-14-15-16-17-18-23-26-19-20-27(23,22(2)25)21-24(28)29/h6-7,19-20,22H,3-5,8-18,21,25H2,1-2H3/p+1/b7-6+. The molecule has 0 aromatic carbocycles. The number of aliphatic carboxylic acids is 1. The molecule has 0 aromatic rings. The van der Waals surface area contributed by atoms with Crippen LogP contribution in [-0.2, 0) is 4.79 Å². The number of allylic oxidation sites excluding steroid dienone is 2. The van der Waals surface area contributed by atoms with Gasteiger partial charge in [0.25, 0.3) is 0 Å². The monoisotopic (exact) mass is 406 g/mol. The van der Waals surface area contributed by atoms with Gasteiger partial charge in [-0.05, 0) is 25.7 Å². The second-order valence-electron chi connectivity index (χ2n) is 8.40. The van der Waals surface area contributed by atoms with Crippen LogP contribution in [0.15, 0.2) is 29.5 Å². The number of quaternary nitrogens is 1. The summed E-state index contributed by atoms with van der Waals surface area (Å²) in [6, 6.07) is 0. The zero-order valence-electron chi connectivity index (χ0n) is 18.8. The molecule has 1 aliphatic heterocycles. The first-order valence-corrected chi connectivity index (χ1v) is 11.8. The van der Waals surface area contributed by atoms with Crippen LogP contribution >= 0.6 is 0 Å². The van der Waals surface area contributed by atoms with Gasteiger partial charge in [0.05, 0.1) is 6.20 Å². The van der Waals surface area contributed by atoms with Gasteiger partial charge in [0.1, 0.15) is 12.4 Å². The van der Waals surface area contributed by atoms with Gasteiger partial charge in [0, 0.05) is 13.3 Å². The lowest BCUT2D eigenvalue weighted by Gasteiger charge is -2.34. The van der Waals surface area contributed by atoms with Gasteiger partial charge < -0.3 is 5.11 Å². The quantitative estimate of drug-likeness (QED) is 0.164. The SMILES string of the molecule is CCCC/C=C/CCCCCCCCCCCC1=NC=C[N+]1(CC(=O)O)C(C)N. The third kappa shape index (κ3) is 10.2. The van der Waals surface area contributed by atoms with Crippen LogP contribution in [0.1, 0.15) is 104 Å². The van der Waals surface area contributed by atoms with Crippen LogP contribution in [0.2, 0.25) is 0 Å². The van der Waals surface area contributed by atoms with E-state index in [9.17, 15) is 9.90 Å². The molecule has 1 heterocycles. The predicted octanol–water partition coefficient (Wildman–Crippen LogP) is 6.11. The normalized spacial score (nSPS) is 19.8. The maximum atomic E-state index is 11.3. The Bertz CT molecular complexity index is 540. The van der Waals surface area contributed by atoms with E-state index in [0.29, 0.717) is 0 Å². The highest BCUT2D eigenvalue weighted by molar-refractivity contribution is 5.81. The number of hydrogen-bond acceptors (Lipinski definition) is 3. The van der Waals surface area contributed by atoms with E-state index < -0.39 is 5.97 Å². The molecule has 0 amide bonds. The molecule has 0 fully saturated rings. The van der Waals surface area contributed by atoms with Crippen LogP contribution in [-0.4, -0.2) is 34.1 Å². The van der Waals surface area contributed by atoms with Crippen LogP contribution in [0.5, 0.6) is 0 Å². The van der Waals surface area contributed by atoms with Crippen LogP contribution < -0.4 is 5.73 Å². The molecule has 2 unspecified atom stereocenters. The van der Waals surface area contributed by atoms with Crippen molar-refractivity contribution in [2.75, 3.05) is 6.54 Å². The van der Waals surface area contributed by atoms with Crippen molar-refractivity contribution in [2.45, 2.75) is 110 Å². The van der Waals surface area contributed by atoms with Gasteiger partial charge in [-0.2, -0.15) is 0 Å². The minimum atomic E-state index is -0.839. The third-order valence-corrected chi connectivity index (χ3v) is 5.82. The average molecular weight is 407 g/mol. The summed E-state index contributed by atoms with van der Waals surface area (Å²) < 4.78 is 0.170. The maximum Gasteiger partial charge on any atom is 0.360 e. The van der Waals surface area contributed by atoms with E-state index in [-0.39, 0.29) is 17.2 Å². The first kappa shape index (κ1) is 25.6. The van der Waals surface area contributed by atoms with E-state index in [1.807, 2.05) is 13.1 Å². The number of carboxylic acids is 1. The zero-order valence-corrected chi connectivity index (χ0v) is 18.8. The molecule has 0 spiro atoms. The Morgan fingerprint density at radius 3 is 2.14 bits per heavy atom. The summed E-state index contributed by atoms with van der Waals surface area (Å²) in [5, 5.41) is 9.25. The maximum absolute atomic E-state index is 11.3. The number of unbranched alkanes of at least 4 members (excludes halogenated alkanes) is 11. The molecule has 3 N–H and O–H groups in total. The molecule has 29 heavy (non-hydrogen) atoms. The van der Waals surface area contributed by atoms with Crippen molar-refractivity contribution in [1.29, 1.82) is 0 Å². The molecule has 0 saturated carbocycles. The lowest BCUT2D eigenvalue weighted by molar-refractivity contribution is -0.805. The lowest BCUT2D eigenvalue weighted by Crippen LogP contribution is -2.59. The summed E-state index contributed by atoms with van der Waals surface area (Å²) in [6.07, 6.45) is 25.3. The summed E-state index contributed by atoms with van der Waals surface area (Å²) in [7, 11) is 0. The number of amidine groups is 1. The summed E-state index contributed by atoms with van der Waals surface area (Å²) in [5.41, 5.74) is 6.10. The minimum Gasteiger partial charge on any atom is -0.477 e. The number of nitrogens with two attached hydrogens (primary N) is 1. The molecular formula is C24H44N3O2+. The van der Waals surface area contributed by atoms with Gasteiger partial charge in [0.15, 0.2) is 6.54 Å². The van der Waals surface area contributed by atoms with Crippen molar-refractivity contribution in [3.63, 3.8) is 0 Å². The Labute approximate surface area is 178 Å². The number of nitrogens with zero attached hydrogens (tertiary/aromatic N) is 2. The van der Waals surface area contributed by atoms with Gasteiger partial charge in [-0.1, -0.05) is 76.9 Å². The van der Waals surface area contributed by atoms with Crippen LogP contribution in [0.3, 0.4) is 0 Å². The van der Waals surface area contributed by atoms with Gasteiger partial charge in [0.2, 0.25) is 5.84 Å². The smallest absolute Gasteiger partial charge is 0.360 e. The Kier molecular flexibility index (Phi) is 13.6. The fourth-order valence-corrected chi connectivity index (χ4v) is 3.93. The highest BCUT2D eigenvalue weighted by Crippen LogP contribution is 2.23. The summed E-state index contributed by atoms with van der Waals surface area (Å²) in [6.45, 7) is 4.07. The van der Waals surface area contributed by atoms with Crippen LogP contribution in [0.4, 0.5) is 0 Å². The van der Waals surface area contributed by atoms with Gasteiger partial charge in [-0.3, -0.25) is 5.73 Å². The van der Waals surface area contributed by atoms with Crippen molar-refractivity contribution in [3.8, 4) is 0 Å².